The number of halogens is 1. The molecule has 2 aromatic rings. The lowest BCUT2D eigenvalue weighted by Crippen LogP contribution is -2.31. The molecule has 1 aromatic carbocycles. The third-order valence-electron chi connectivity index (χ3n) is 2.88. The maximum absolute atomic E-state index is 13.5. The van der Waals surface area contributed by atoms with E-state index in [9.17, 15) is 4.39 Å². The average Bonchev–Trinajstić information content (AvgIpc) is 2.85. The van der Waals surface area contributed by atoms with Crippen LogP contribution in [0.3, 0.4) is 0 Å². The summed E-state index contributed by atoms with van der Waals surface area (Å²) >= 11 is 0. The zero-order valence-corrected chi connectivity index (χ0v) is 10.5. The number of rotatable bonds is 6. The molecule has 0 fully saturated rings. The molecule has 2 rings (SSSR count). The Labute approximate surface area is 107 Å². The van der Waals surface area contributed by atoms with Crippen LogP contribution in [0.2, 0.25) is 0 Å². The van der Waals surface area contributed by atoms with E-state index in [1.54, 1.807) is 12.3 Å². The van der Waals surface area contributed by atoms with Gasteiger partial charge < -0.3 is 5.32 Å². The fourth-order valence-electron chi connectivity index (χ4n) is 1.92. The van der Waals surface area contributed by atoms with Gasteiger partial charge in [0, 0.05) is 25.0 Å². The predicted octanol–water partition coefficient (Wildman–Crippen LogP) is 2.24. The molecule has 0 aliphatic heterocycles. The second-order valence-electron chi connectivity index (χ2n) is 4.42. The van der Waals surface area contributed by atoms with Crippen LogP contribution >= 0.6 is 0 Å². The van der Waals surface area contributed by atoms with Crippen LogP contribution in [0.15, 0.2) is 42.7 Å². The Kier molecular flexibility index (Phi) is 4.47. The van der Waals surface area contributed by atoms with E-state index in [1.165, 1.54) is 6.07 Å². The number of nitrogens with one attached hydrogen (secondary N) is 1. The molecule has 4 heteroatoms. The molecule has 96 valence electrons. The van der Waals surface area contributed by atoms with Crippen molar-refractivity contribution in [3.8, 4) is 0 Å². The van der Waals surface area contributed by atoms with Crippen LogP contribution < -0.4 is 5.32 Å². The van der Waals surface area contributed by atoms with Gasteiger partial charge in [-0.25, -0.2) is 4.39 Å². The molecule has 1 heterocycles. The van der Waals surface area contributed by atoms with Crippen molar-refractivity contribution < 1.29 is 4.39 Å². The summed E-state index contributed by atoms with van der Waals surface area (Å²) in [6.07, 6.45) is 4.40. The van der Waals surface area contributed by atoms with Gasteiger partial charge in [0.1, 0.15) is 5.82 Å². The zero-order chi connectivity index (χ0) is 12.8. The van der Waals surface area contributed by atoms with Crippen molar-refractivity contribution in [3.05, 3.63) is 54.1 Å². The van der Waals surface area contributed by atoms with Gasteiger partial charge in [-0.05, 0) is 31.0 Å². The Hall–Kier alpha value is -1.68. The summed E-state index contributed by atoms with van der Waals surface area (Å²) in [7, 11) is 0. The van der Waals surface area contributed by atoms with Gasteiger partial charge in [0.25, 0.3) is 0 Å². The lowest BCUT2D eigenvalue weighted by atomic mass is 10.1. The molecule has 1 atom stereocenters. The summed E-state index contributed by atoms with van der Waals surface area (Å²) < 4.78 is 15.3. The Morgan fingerprint density at radius 3 is 2.89 bits per heavy atom. The first-order valence-electron chi connectivity index (χ1n) is 6.20. The molecule has 0 aliphatic carbocycles. The van der Waals surface area contributed by atoms with Crippen molar-refractivity contribution in [2.75, 3.05) is 6.54 Å². The summed E-state index contributed by atoms with van der Waals surface area (Å²) in [5.41, 5.74) is 0.761. The minimum atomic E-state index is -0.127. The van der Waals surface area contributed by atoms with E-state index >= 15 is 0 Å². The van der Waals surface area contributed by atoms with E-state index < -0.39 is 0 Å². The highest BCUT2D eigenvalue weighted by molar-refractivity contribution is 5.18. The van der Waals surface area contributed by atoms with Crippen molar-refractivity contribution in [1.82, 2.24) is 15.1 Å². The standard InChI is InChI=1S/C14H18FN3/c1-12(11-13-5-2-3-6-14(13)15)16-8-10-18-9-4-7-17-18/h2-7,9,12,16H,8,10-11H2,1H3. The van der Waals surface area contributed by atoms with Gasteiger partial charge in [0.15, 0.2) is 0 Å². The maximum Gasteiger partial charge on any atom is 0.126 e. The number of aromatic nitrogens is 2. The van der Waals surface area contributed by atoms with Crippen LogP contribution in [0.5, 0.6) is 0 Å². The van der Waals surface area contributed by atoms with Gasteiger partial charge in [-0.1, -0.05) is 18.2 Å². The van der Waals surface area contributed by atoms with Gasteiger partial charge in [-0.2, -0.15) is 5.10 Å². The van der Waals surface area contributed by atoms with Crippen LogP contribution in [0.25, 0.3) is 0 Å². The lowest BCUT2D eigenvalue weighted by Gasteiger charge is -2.14. The molecule has 3 nitrogen and oxygen atoms in total. The molecule has 1 N–H and O–H groups in total. The van der Waals surface area contributed by atoms with Crippen molar-refractivity contribution in [1.29, 1.82) is 0 Å². The first kappa shape index (κ1) is 12.8. The summed E-state index contributed by atoms with van der Waals surface area (Å²) in [5.74, 6) is -0.127. The zero-order valence-electron chi connectivity index (χ0n) is 10.5. The van der Waals surface area contributed by atoms with Crippen LogP contribution in [0, 0.1) is 5.82 Å². The predicted molar refractivity (Wildman–Crippen MR) is 69.8 cm³/mol. The van der Waals surface area contributed by atoms with Crippen molar-refractivity contribution >= 4 is 0 Å². The van der Waals surface area contributed by atoms with Crippen molar-refractivity contribution in [3.63, 3.8) is 0 Å². The number of nitrogens with zero attached hydrogens (tertiary/aromatic N) is 2. The molecule has 0 radical (unpaired) electrons. The van der Waals surface area contributed by atoms with E-state index in [1.807, 2.05) is 29.1 Å². The van der Waals surface area contributed by atoms with E-state index in [0.717, 1.165) is 18.7 Å². The highest BCUT2D eigenvalue weighted by Crippen LogP contribution is 2.08. The van der Waals surface area contributed by atoms with Crippen molar-refractivity contribution in [2.24, 2.45) is 0 Å². The molecule has 1 aromatic heterocycles. The third-order valence-corrected chi connectivity index (χ3v) is 2.88. The smallest absolute Gasteiger partial charge is 0.126 e. The first-order valence-corrected chi connectivity index (χ1v) is 6.20. The lowest BCUT2D eigenvalue weighted by molar-refractivity contribution is 0.486. The second kappa shape index (κ2) is 6.31. The van der Waals surface area contributed by atoms with Gasteiger partial charge in [0.05, 0.1) is 6.54 Å². The molecule has 0 bridgehead atoms. The number of hydrogen-bond acceptors (Lipinski definition) is 2. The molecule has 0 spiro atoms. The minimum Gasteiger partial charge on any atom is -0.312 e. The number of hydrogen-bond donors (Lipinski definition) is 1. The minimum absolute atomic E-state index is 0.127. The van der Waals surface area contributed by atoms with E-state index in [-0.39, 0.29) is 11.9 Å². The summed E-state index contributed by atoms with van der Waals surface area (Å²) in [6, 6.07) is 9.08. The van der Waals surface area contributed by atoms with Crippen LogP contribution in [0.4, 0.5) is 4.39 Å². The first-order chi connectivity index (χ1) is 8.75. The third kappa shape index (κ3) is 3.67. The number of benzene rings is 1. The Balaban J connectivity index is 1.75. The SMILES string of the molecule is CC(Cc1ccccc1F)NCCn1cccn1. The Morgan fingerprint density at radius 1 is 1.33 bits per heavy atom. The maximum atomic E-state index is 13.5. The van der Waals surface area contributed by atoms with Gasteiger partial charge in [0.2, 0.25) is 0 Å². The molecule has 18 heavy (non-hydrogen) atoms. The quantitative estimate of drug-likeness (QED) is 0.848. The van der Waals surface area contributed by atoms with E-state index in [0.29, 0.717) is 6.42 Å². The molecular weight excluding hydrogens is 229 g/mol. The monoisotopic (exact) mass is 247 g/mol. The molecule has 0 amide bonds. The van der Waals surface area contributed by atoms with Crippen LogP contribution in [0.1, 0.15) is 12.5 Å². The fourth-order valence-corrected chi connectivity index (χ4v) is 1.92. The van der Waals surface area contributed by atoms with Crippen LogP contribution in [-0.2, 0) is 13.0 Å². The topological polar surface area (TPSA) is 29.9 Å². The van der Waals surface area contributed by atoms with Gasteiger partial charge in [-0.15, -0.1) is 0 Å². The summed E-state index contributed by atoms with van der Waals surface area (Å²) in [4.78, 5) is 0. The molecule has 0 saturated heterocycles. The fraction of sp³-hybridized carbons (Fsp3) is 0.357. The summed E-state index contributed by atoms with van der Waals surface area (Å²) in [6.45, 7) is 3.72. The normalized spacial score (nSPS) is 12.6. The Morgan fingerprint density at radius 2 is 2.17 bits per heavy atom. The molecule has 0 aliphatic rings. The Bertz CT molecular complexity index is 468. The van der Waals surface area contributed by atoms with E-state index in [2.05, 4.69) is 17.3 Å². The van der Waals surface area contributed by atoms with Crippen LogP contribution in [-0.4, -0.2) is 22.4 Å². The summed E-state index contributed by atoms with van der Waals surface area (Å²) in [5, 5.41) is 7.50. The van der Waals surface area contributed by atoms with Gasteiger partial charge in [-0.3, -0.25) is 4.68 Å². The largest absolute Gasteiger partial charge is 0.312 e. The molecule has 1 unspecified atom stereocenters. The van der Waals surface area contributed by atoms with E-state index in [4.69, 9.17) is 0 Å². The molecule has 0 saturated carbocycles. The molecular formula is C14H18FN3. The average molecular weight is 247 g/mol. The van der Waals surface area contributed by atoms with Gasteiger partial charge >= 0.3 is 0 Å². The van der Waals surface area contributed by atoms with Crippen molar-refractivity contribution in [2.45, 2.75) is 25.9 Å². The highest BCUT2D eigenvalue weighted by Gasteiger charge is 2.06. The highest BCUT2D eigenvalue weighted by atomic mass is 19.1. The second-order valence-corrected chi connectivity index (χ2v) is 4.42.